The number of hydrogen-bond acceptors (Lipinski definition) is 2. The van der Waals surface area contributed by atoms with Crippen LogP contribution in [0.5, 0.6) is 0 Å². The summed E-state index contributed by atoms with van der Waals surface area (Å²) in [7, 11) is 0. The minimum atomic E-state index is -0.406. The second-order valence-electron chi connectivity index (χ2n) is 6.13. The predicted octanol–water partition coefficient (Wildman–Crippen LogP) is 5.07. The van der Waals surface area contributed by atoms with Crippen LogP contribution in [0.1, 0.15) is 39.9 Å². The van der Waals surface area contributed by atoms with Gasteiger partial charge in [-0.2, -0.15) is 0 Å². The van der Waals surface area contributed by atoms with Gasteiger partial charge in [-0.05, 0) is 65.1 Å². The zero-order chi connectivity index (χ0) is 18.0. The first kappa shape index (κ1) is 17.4. The van der Waals surface area contributed by atoms with Crippen LogP contribution in [-0.2, 0) is 0 Å². The monoisotopic (exact) mass is 394 g/mol. The summed E-state index contributed by atoms with van der Waals surface area (Å²) in [5.41, 5.74) is 11.5. The highest BCUT2D eigenvalue weighted by atomic mass is 79.9. The molecule has 1 atom stereocenters. The van der Waals surface area contributed by atoms with Crippen molar-refractivity contribution >= 4 is 21.8 Å². The van der Waals surface area contributed by atoms with E-state index in [-0.39, 0.29) is 5.92 Å². The Morgan fingerprint density at radius 2 is 1.84 bits per heavy atom. The number of halogens is 1. The summed E-state index contributed by atoms with van der Waals surface area (Å²) >= 11 is 3.46. The first-order chi connectivity index (χ1) is 12.0. The summed E-state index contributed by atoms with van der Waals surface area (Å²) in [6.07, 6.45) is 3.62. The van der Waals surface area contributed by atoms with E-state index in [4.69, 9.17) is 5.73 Å². The van der Waals surface area contributed by atoms with Crippen LogP contribution in [0.4, 0.5) is 0 Å². The highest BCUT2D eigenvalue weighted by Crippen LogP contribution is 2.32. The molecule has 3 aromatic rings. The number of nitrogens with zero attached hydrogens (tertiary/aromatic N) is 1. The Kier molecular flexibility index (Phi) is 5.00. The van der Waals surface area contributed by atoms with Crippen LogP contribution in [0, 0.1) is 6.92 Å². The molecule has 0 radical (unpaired) electrons. The summed E-state index contributed by atoms with van der Waals surface area (Å²) in [6, 6.07) is 16.0. The van der Waals surface area contributed by atoms with Gasteiger partial charge in [0, 0.05) is 28.3 Å². The Hall–Kier alpha value is -2.46. The van der Waals surface area contributed by atoms with E-state index >= 15 is 0 Å². The van der Waals surface area contributed by atoms with Gasteiger partial charge in [-0.15, -0.1) is 0 Å². The van der Waals surface area contributed by atoms with Gasteiger partial charge in [0.2, 0.25) is 5.91 Å². The maximum absolute atomic E-state index is 11.9. The van der Waals surface area contributed by atoms with E-state index in [1.54, 1.807) is 6.20 Å². The Morgan fingerprint density at radius 3 is 2.48 bits per heavy atom. The highest BCUT2D eigenvalue weighted by molar-refractivity contribution is 9.10. The fraction of sp³-hybridized carbons (Fsp3) is 0.143. The third kappa shape index (κ3) is 3.64. The Morgan fingerprint density at radius 1 is 1.12 bits per heavy atom. The van der Waals surface area contributed by atoms with Crippen molar-refractivity contribution in [2.75, 3.05) is 0 Å². The number of carbonyl (C=O) groups is 1. The molecule has 1 amide bonds. The second kappa shape index (κ2) is 7.19. The molecule has 0 saturated heterocycles. The molecule has 0 bridgehead atoms. The quantitative estimate of drug-likeness (QED) is 0.671. The van der Waals surface area contributed by atoms with Gasteiger partial charge in [0.05, 0.1) is 0 Å². The summed E-state index contributed by atoms with van der Waals surface area (Å²) in [6.45, 7) is 4.12. The minimum Gasteiger partial charge on any atom is -0.366 e. The van der Waals surface area contributed by atoms with Gasteiger partial charge < -0.3 is 5.73 Å². The maximum atomic E-state index is 11.9. The number of primary amides is 1. The number of aryl methyl sites for hydroxylation is 1. The van der Waals surface area contributed by atoms with Crippen molar-refractivity contribution in [2.45, 2.75) is 19.8 Å². The third-order valence-corrected chi connectivity index (χ3v) is 5.01. The van der Waals surface area contributed by atoms with Crippen LogP contribution in [0.15, 0.2) is 65.4 Å². The average molecular weight is 395 g/mol. The molecule has 0 unspecified atom stereocenters. The molecule has 0 aliphatic heterocycles. The molecule has 3 nitrogen and oxygen atoms in total. The lowest BCUT2D eigenvalue weighted by atomic mass is 9.87. The molecule has 2 N–H and O–H groups in total. The minimum absolute atomic E-state index is 0.0534. The Balaban J connectivity index is 2.12. The fourth-order valence-corrected chi connectivity index (χ4v) is 3.31. The zero-order valence-electron chi connectivity index (χ0n) is 14.2. The molecule has 25 heavy (non-hydrogen) atoms. The molecule has 0 fully saturated rings. The van der Waals surface area contributed by atoms with Gasteiger partial charge in [0.25, 0.3) is 0 Å². The van der Waals surface area contributed by atoms with E-state index < -0.39 is 5.91 Å². The molecule has 0 spiro atoms. The summed E-state index contributed by atoms with van der Waals surface area (Å²) in [4.78, 5) is 16.1. The standard InChI is InChI=1S/C21H19BrN2O/c1-13-12-24-10-9-18(13)16-5-8-19(21(23)25)20(11-16)14(2)15-3-6-17(22)7-4-15/h3-12,14H,1-2H3,(H2,23,25)/t14-/m0/s1. The van der Waals surface area contributed by atoms with Crippen molar-refractivity contribution in [3.63, 3.8) is 0 Å². The molecule has 0 aliphatic rings. The number of amides is 1. The normalized spacial score (nSPS) is 12.0. The number of pyridine rings is 1. The van der Waals surface area contributed by atoms with Gasteiger partial charge >= 0.3 is 0 Å². The molecule has 3 rings (SSSR count). The number of aromatic nitrogens is 1. The molecular formula is C21H19BrN2O. The maximum Gasteiger partial charge on any atom is 0.248 e. The van der Waals surface area contributed by atoms with Crippen LogP contribution >= 0.6 is 15.9 Å². The van der Waals surface area contributed by atoms with E-state index in [1.165, 1.54) is 0 Å². The van der Waals surface area contributed by atoms with Crippen LogP contribution in [0.3, 0.4) is 0 Å². The van der Waals surface area contributed by atoms with Crippen molar-refractivity contribution in [1.29, 1.82) is 0 Å². The zero-order valence-corrected chi connectivity index (χ0v) is 15.7. The van der Waals surface area contributed by atoms with Gasteiger partial charge in [-0.25, -0.2) is 0 Å². The van der Waals surface area contributed by atoms with Crippen LogP contribution in [0.25, 0.3) is 11.1 Å². The first-order valence-electron chi connectivity index (χ1n) is 8.07. The van der Waals surface area contributed by atoms with Gasteiger partial charge in [-0.3, -0.25) is 9.78 Å². The summed E-state index contributed by atoms with van der Waals surface area (Å²) in [5.74, 6) is -0.352. The lowest BCUT2D eigenvalue weighted by molar-refractivity contribution is 0.0999. The van der Waals surface area contributed by atoms with Crippen LogP contribution < -0.4 is 5.73 Å². The van der Waals surface area contributed by atoms with E-state index in [0.29, 0.717) is 5.56 Å². The van der Waals surface area contributed by atoms with Crippen molar-refractivity contribution in [2.24, 2.45) is 5.73 Å². The van der Waals surface area contributed by atoms with E-state index in [9.17, 15) is 4.79 Å². The molecule has 0 saturated carbocycles. The predicted molar refractivity (Wildman–Crippen MR) is 105 cm³/mol. The first-order valence-corrected chi connectivity index (χ1v) is 8.87. The number of carbonyl (C=O) groups excluding carboxylic acids is 1. The third-order valence-electron chi connectivity index (χ3n) is 4.48. The van der Waals surface area contributed by atoms with E-state index in [1.807, 2.05) is 43.5 Å². The van der Waals surface area contributed by atoms with Gasteiger partial charge in [0.15, 0.2) is 0 Å². The summed E-state index contributed by atoms with van der Waals surface area (Å²) in [5, 5.41) is 0. The van der Waals surface area contributed by atoms with Gasteiger partial charge in [-0.1, -0.05) is 41.1 Å². The smallest absolute Gasteiger partial charge is 0.248 e. The van der Waals surface area contributed by atoms with Crippen LogP contribution in [0.2, 0.25) is 0 Å². The molecule has 1 aromatic heterocycles. The SMILES string of the molecule is Cc1cnccc1-c1ccc(C(N)=O)c([C@@H](C)c2ccc(Br)cc2)c1. The molecular weight excluding hydrogens is 376 g/mol. The number of benzene rings is 2. The van der Waals surface area contributed by atoms with Gasteiger partial charge in [0.1, 0.15) is 0 Å². The number of nitrogens with two attached hydrogens (primary N) is 1. The summed E-state index contributed by atoms with van der Waals surface area (Å²) < 4.78 is 1.03. The van der Waals surface area contributed by atoms with E-state index in [2.05, 4.69) is 46.0 Å². The fourth-order valence-electron chi connectivity index (χ4n) is 3.04. The molecule has 1 heterocycles. The van der Waals surface area contributed by atoms with E-state index in [0.717, 1.165) is 32.3 Å². The van der Waals surface area contributed by atoms with Crippen molar-refractivity contribution in [3.8, 4) is 11.1 Å². The lowest BCUT2D eigenvalue weighted by Crippen LogP contribution is -2.15. The molecule has 0 aliphatic carbocycles. The van der Waals surface area contributed by atoms with Crippen molar-refractivity contribution < 1.29 is 4.79 Å². The largest absolute Gasteiger partial charge is 0.366 e. The highest BCUT2D eigenvalue weighted by Gasteiger charge is 2.17. The number of rotatable bonds is 4. The van der Waals surface area contributed by atoms with Crippen molar-refractivity contribution in [3.05, 3.63) is 87.7 Å². The number of hydrogen-bond donors (Lipinski definition) is 1. The Labute approximate surface area is 156 Å². The average Bonchev–Trinajstić information content (AvgIpc) is 2.61. The molecule has 2 aromatic carbocycles. The lowest BCUT2D eigenvalue weighted by Gasteiger charge is -2.18. The molecule has 4 heteroatoms. The Bertz CT molecular complexity index is 919. The second-order valence-corrected chi connectivity index (χ2v) is 7.05. The topological polar surface area (TPSA) is 56.0 Å². The van der Waals surface area contributed by atoms with Crippen LogP contribution in [-0.4, -0.2) is 10.9 Å². The molecule has 126 valence electrons. The van der Waals surface area contributed by atoms with Crippen molar-refractivity contribution in [1.82, 2.24) is 4.98 Å².